The van der Waals surface area contributed by atoms with E-state index in [4.69, 9.17) is 5.73 Å². The Balaban J connectivity index is 1.86. The molecule has 0 spiro atoms. The van der Waals surface area contributed by atoms with E-state index in [9.17, 15) is 0 Å². The lowest BCUT2D eigenvalue weighted by atomic mass is 10.0. The van der Waals surface area contributed by atoms with Crippen LogP contribution in [0.25, 0.3) is 0 Å². The van der Waals surface area contributed by atoms with Crippen molar-refractivity contribution in [2.45, 2.75) is 45.3 Å². The fourth-order valence-electron chi connectivity index (χ4n) is 2.95. The van der Waals surface area contributed by atoms with Gasteiger partial charge in [-0.05, 0) is 64.5 Å². The zero-order valence-electron chi connectivity index (χ0n) is 12.5. The van der Waals surface area contributed by atoms with Crippen molar-refractivity contribution in [1.29, 1.82) is 0 Å². The lowest BCUT2D eigenvalue weighted by Crippen LogP contribution is -2.45. The molecule has 0 unspecified atom stereocenters. The van der Waals surface area contributed by atoms with E-state index in [1.807, 2.05) is 12.1 Å². The van der Waals surface area contributed by atoms with Crippen molar-refractivity contribution in [1.82, 2.24) is 9.80 Å². The molecule has 0 amide bonds. The molecular weight excluding hydrogens is 234 g/mol. The molecule has 0 radical (unpaired) electrons. The van der Waals surface area contributed by atoms with Crippen LogP contribution in [0.5, 0.6) is 0 Å². The molecule has 1 aromatic rings. The van der Waals surface area contributed by atoms with Gasteiger partial charge in [0.1, 0.15) is 0 Å². The average molecular weight is 261 g/mol. The third kappa shape index (κ3) is 3.95. The van der Waals surface area contributed by atoms with Crippen molar-refractivity contribution in [3.63, 3.8) is 0 Å². The first kappa shape index (κ1) is 14.4. The molecule has 2 N–H and O–H groups in total. The van der Waals surface area contributed by atoms with Gasteiger partial charge in [-0.1, -0.05) is 12.1 Å². The topological polar surface area (TPSA) is 32.5 Å². The second-order valence-electron chi connectivity index (χ2n) is 6.02. The number of nitrogens with zero attached hydrogens (tertiary/aromatic N) is 2. The van der Waals surface area contributed by atoms with E-state index in [2.05, 4.69) is 42.8 Å². The number of anilines is 1. The molecule has 0 saturated carbocycles. The SMILES string of the molecule is CC(C)N1CCC(N(C)Cc2cccc(N)c2)CC1. The minimum absolute atomic E-state index is 0.681. The summed E-state index contributed by atoms with van der Waals surface area (Å²) in [5, 5.41) is 0. The van der Waals surface area contributed by atoms with Gasteiger partial charge in [0.05, 0.1) is 0 Å². The first-order valence-corrected chi connectivity index (χ1v) is 7.35. The number of likely N-dealkylation sites (tertiary alicyclic amines) is 1. The molecule has 106 valence electrons. The Labute approximate surface area is 117 Å². The minimum Gasteiger partial charge on any atom is -0.399 e. The van der Waals surface area contributed by atoms with Crippen LogP contribution in [0.2, 0.25) is 0 Å². The Kier molecular flexibility index (Phi) is 4.83. The predicted octanol–water partition coefficient (Wildman–Crippen LogP) is 2.57. The summed E-state index contributed by atoms with van der Waals surface area (Å²) in [6.07, 6.45) is 2.55. The molecule has 3 nitrogen and oxygen atoms in total. The van der Waals surface area contributed by atoms with Crippen LogP contribution in [-0.4, -0.2) is 42.0 Å². The van der Waals surface area contributed by atoms with E-state index < -0.39 is 0 Å². The highest BCUT2D eigenvalue weighted by Crippen LogP contribution is 2.19. The molecule has 1 aliphatic heterocycles. The maximum Gasteiger partial charge on any atom is 0.0317 e. The lowest BCUT2D eigenvalue weighted by molar-refractivity contribution is 0.104. The molecule has 0 atom stereocenters. The number of piperidine rings is 1. The Morgan fingerprint density at radius 1 is 1.32 bits per heavy atom. The molecule has 1 aromatic carbocycles. The van der Waals surface area contributed by atoms with Gasteiger partial charge in [0.25, 0.3) is 0 Å². The van der Waals surface area contributed by atoms with Crippen LogP contribution in [-0.2, 0) is 6.54 Å². The largest absolute Gasteiger partial charge is 0.399 e. The van der Waals surface area contributed by atoms with Crippen LogP contribution < -0.4 is 5.73 Å². The van der Waals surface area contributed by atoms with Crippen LogP contribution in [0.4, 0.5) is 5.69 Å². The summed E-state index contributed by atoms with van der Waals surface area (Å²) in [4.78, 5) is 5.05. The molecule has 0 aliphatic carbocycles. The molecule has 1 fully saturated rings. The highest BCUT2D eigenvalue weighted by atomic mass is 15.2. The van der Waals surface area contributed by atoms with Crippen LogP contribution in [0.15, 0.2) is 24.3 Å². The number of hydrogen-bond acceptors (Lipinski definition) is 3. The van der Waals surface area contributed by atoms with Gasteiger partial charge in [-0.3, -0.25) is 4.90 Å². The monoisotopic (exact) mass is 261 g/mol. The number of rotatable bonds is 4. The van der Waals surface area contributed by atoms with Crippen molar-refractivity contribution in [3.05, 3.63) is 29.8 Å². The molecular formula is C16H27N3. The maximum atomic E-state index is 5.84. The lowest BCUT2D eigenvalue weighted by Gasteiger charge is -2.38. The summed E-state index contributed by atoms with van der Waals surface area (Å²) < 4.78 is 0. The van der Waals surface area contributed by atoms with Gasteiger partial charge in [-0.2, -0.15) is 0 Å². The fourth-order valence-corrected chi connectivity index (χ4v) is 2.95. The summed E-state index contributed by atoms with van der Waals surface area (Å²) in [6.45, 7) is 8.03. The van der Waals surface area contributed by atoms with E-state index in [-0.39, 0.29) is 0 Å². The van der Waals surface area contributed by atoms with E-state index >= 15 is 0 Å². The van der Waals surface area contributed by atoms with Crippen LogP contribution in [0.3, 0.4) is 0 Å². The van der Waals surface area contributed by atoms with E-state index in [0.717, 1.165) is 12.2 Å². The molecule has 0 bridgehead atoms. The highest BCUT2D eigenvalue weighted by molar-refractivity contribution is 5.40. The Morgan fingerprint density at radius 2 is 2.00 bits per heavy atom. The summed E-state index contributed by atoms with van der Waals surface area (Å²) in [5.41, 5.74) is 8.01. The minimum atomic E-state index is 0.681. The number of benzene rings is 1. The summed E-state index contributed by atoms with van der Waals surface area (Å²) >= 11 is 0. The van der Waals surface area contributed by atoms with E-state index in [1.54, 1.807) is 0 Å². The number of nitrogens with two attached hydrogens (primary N) is 1. The van der Waals surface area contributed by atoms with Gasteiger partial charge >= 0.3 is 0 Å². The molecule has 0 aromatic heterocycles. The Hall–Kier alpha value is -1.06. The number of hydrogen-bond donors (Lipinski definition) is 1. The second-order valence-corrected chi connectivity index (χ2v) is 6.02. The summed E-state index contributed by atoms with van der Waals surface area (Å²) in [5.74, 6) is 0. The Bertz CT molecular complexity index is 395. The van der Waals surface area contributed by atoms with Crippen molar-refractivity contribution >= 4 is 5.69 Å². The van der Waals surface area contributed by atoms with Gasteiger partial charge in [-0.25, -0.2) is 0 Å². The molecule has 3 heteroatoms. The third-order valence-corrected chi connectivity index (χ3v) is 4.24. The highest BCUT2D eigenvalue weighted by Gasteiger charge is 2.23. The normalized spacial score (nSPS) is 18.4. The molecule has 2 rings (SSSR count). The number of nitrogen functional groups attached to an aromatic ring is 1. The average Bonchev–Trinajstić information content (AvgIpc) is 2.39. The van der Waals surface area contributed by atoms with Crippen LogP contribution in [0.1, 0.15) is 32.3 Å². The van der Waals surface area contributed by atoms with Gasteiger partial charge in [0.2, 0.25) is 0 Å². The first-order chi connectivity index (χ1) is 9.06. The fraction of sp³-hybridized carbons (Fsp3) is 0.625. The Morgan fingerprint density at radius 3 is 2.58 bits per heavy atom. The molecule has 1 heterocycles. The first-order valence-electron chi connectivity index (χ1n) is 7.35. The molecule has 1 aliphatic rings. The summed E-state index contributed by atoms with van der Waals surface area (Å²) in [7, 11) is 2.24. The summed E-state index contributed by atoms with van der Waals surface area (Å²) in [6, 6.07) is 9.62. The van der Waals surface area contributed by atoms with Crippen molar-refractivity contribution in [3.8, 4) is 0 Å². The van der Waals surface area contributed by atoms with Crippen LogP contribution in [0, 0.1) is 0 Å². The third-order valence-electron chi connectivity index (χ3n) is 4.24. The van der Waals surface area contributed by atoms with E-state index in [1.165, 1.54) is 31.5 Å². The van der Waals surface area contributed by atoms with Crippen molar-refractivity contribution in [2.75, 3.05) is 25.9 Å². The van der Waals surface area contributed by atoms with Gasteiger partial charge < -0.3 is 10.6 Å². The smallest absolute Gasteiger partial charge is 0.0317 e. The quantitative estimate of drug-likeness (QED) is 0.846. The van der Waals surface area contributed by atoms with Gasteiger partial charge in [0, 0.05) is 24.3 Å². The van der Waals surface area contributed by atoms with Crippen LogP contribution >= 0.6 is 0 Å². The molecule has 1 saturated heterocycles. The van der Waals surface area contributed by atoms with Crippen molar-refractivity contribution in [2.24, 2.45) is 0 Å². The van der Waals surface area contributed by atoms with Crippen molar-refractivity contribution < 1.29 is 0 Å². The standard InChI is InChI=1S/C16H27N3/c1-13(2)19-9-7-16(8-10-19)18(3)12-14-5-4-6-15(17)11-14/h4-6,11,13,16H,7-10,12,17H2,1-3H3. The maximum absolute atomic E-state index is 5.84. The van der Waals surface area contributed by atoms with Gasteiger partial charge in [0.15, 0.2) is 0 Å². The van der Waals surface area contributed by atoms with E-state index in [0.29, 0.717) is 12.1 Å². The molecule has 19 heavy (non-hydrogen) atoms. The van der Waals surface area contributed by atoms with Gasteiger partial charge in [-0.15, -0.1) is 0 Å². The predicted molar refractivity (Wildman–Crippen MR) is 82.1 cm³/mol. The zero-order valence-corrected chi connectivity index (χ0v) is 12.5. The second kappa shape index (κ2) is 6.40. The zero-order chi connectivity index (χ0) is 13.8.